The third kappa shape index (κ3) is 3.61. The van der Waals surface area contributed by atoms with Crippen molar-refractivity contribution in [1.29, 1.82) is 0 Å². The Kier molecular flexibility index (Phi) is 5.22. The number of rotatable bonds is 5. The van der Waals surface area contributed by atoms with Crippen LogP contribution in [0.1, 0.15) is 43.6 Å². The molecular weight excluding hydrogens is 248 g/mol. The fourth-order valence-corrected chi connectivity index (χ4v) is 3.12. The van der Waals surface area contributed by atoms with Gasteiger partial charge in [-0.15, -0.1) is 0 Å². The van der Waals surface area contributed by atoms with E-state index in [1.807, 2.05) is 11.7 Å². The average Bonchev–Trinajstić information content (AvgIpc) is 2.65. The molecule has 2 heterocycles. The van der Waals surface area contributed by atoms with E-state index in [0.29, 0.717) is 6.04 Å². The van der Waals surface area contributed by atoms with Crippen LogP contribution in [0.4, 0.5) is 0 Å². The molecule has 1 aromatic rings. The summed E-state index contributed by atoms with van der Waals surface area (Å²) in [6, 6.07) is 0.580. The topological polar surface area (TPSA) is 33.1 Å². The molecule has 1 atom stereocenters. The van der Waals surface area contributed by atoms with Gasteiger partial charge in [-0.25, -0.2) is 0 Å². The molecule has 114 valence electrons. The second-order valence-corrected chi connectivity index (χ2v) is 6.51. The summed E-state index contributed by atoms with van der Waals surface area (Å²) in [5.41, 5.74) is 3.89. The molecule has 0 radical (unpaired) electrons. The Bertz CT molecular complexity index is 430. The number of aromatic nitrogens is 2. The van der Waals surface area contributed by atoms with Crippen LogP contribution in [0.25, 0.3) is 0 Å². The summed E-state index contributed by atoms with van der Waals surface area (Å²) in [5, 5.41) is 8.07. The third-order valence-electron chi connectivity index (χ3n) is 4.64. The highest BCUT2D eigenvalue weighted by Gasteiger charge is 2.21. The standard InChI is InChI=1S/C16H30N4/c1-12(2)20(10-15-7-6-8-17-9-15)11-16-13(3)18-19(5)14(16)4/h12,15,17H,6-11H2,1-5H3. The van der Waals surface area contributed by atoms with Crippen molar-refractivity contribution in [2.75, 3.05) is 19.6 Å². The summed E-state index contributed by atoms with van der Waals surface area (Å²) in [6.07, 6.45) is 2.68. The molecule has 0 amide bonds. The summed E-state index contributed by atoms with van der Waals surface area (Å²) < 4.78 is 2.01. The fourth-order valence-electron chi connectivity index (χ4n) is 3.12. The van der Waals surface area contributed by atoms with Crippen LogP contribution < -0.4 is 5.32 Å². The maximum absolute atomic E-state index is 4.55. The van der Waals surface area contributed by atoms with Gasteiger partial charge in [0.05, 0.1) is 5.69 Å². The first-order valence-corrected chi connectivity index (χ1v) is 7.93. The summed E-state index contributed by atoms with van der Waals surface area (Å²) in [5.74, 6) is 0.795. The molecule has 0 spiro atoms. The predicted octanol–water partition coefficient (Wildman–Crippen LogP) is 2.25. The van der Waals surface area contributed by atoms with E-state index < -0.39 is 0 Å². The Morgan fingerprint density at radius 1 is 1.40 bits per heavy atom. The lowest BCUT2D eigenvalue weighted by Gasteiger charge is -2.33. The normalized spacial score (nSPS) is 20.1. The van der Waals surface area contributed by atoms with Crippen LogP contribution in [0.2, 0.25) is 0 Å². The summed E-state index contributed by atoms with van der Waals surface area (Å²) in [7, 11) is 2.04. The monoisotopic (exact) mass is 278 g/mol. The minimum atomic E-state index is 0.580. The zero-order valence-corrected chi connectivity index (χ0v) is 13.7. The number of hydrogen-bond donors (Lipinski definition) is 1. The predicted molar refractivity (Wildman–Crippen MR) is 83.8 cm³/mol. The molecule has 1 aliphatic rings. The lowest BCUT2D eigenvalue weighted by molar-refractivity contribution is 0.163. The van der Waals surface area contributed by atoms with Gasteiger partial charge in [0.15, 0.2) is 0 Å². The van der Waals surface area contributed by atoms with Crippen LogP contribution >= 0.6 is 0 Å². The average molecular weight is 278 g/mol. The highest BCUT2D eigenvalue weighted by molar-refractivity contribution is 5.24. The number of piperidine rings is 1. The second kappa shape index (κ2) is 6.72. The molecule has 20 heavy (non-hydrogen) atoms. The molecule has 1 aliphatic heterocycles. The van der Waals surface area contributed by atoms with Gasteiger partial charge in [-0.05, 0) is 59.5 Å². The van der Waals surface area contributed by atoms with Crippen LogP contribution in [0, 0.1) is 19.8 Å². The van der Waals surface area contributed by atoms with E-state index in [0.717, 1.165) is 12.5 Å². The second-order valence-electron chi connectivity index (χ2n) is 6.51. The molecule has 4 heteroatoms. The van der Waals surface area contributed by atoms with Crippen LogP contribution in [0.3, 0.4) is 0 Å². The van der Waals surface area contributed by atoms with E-state index in [-0.39, 0.29) is 0 Å². The zero-order chi connectivity index (χ0) is 14.7. The fraction of sp³-hybridized carbons (Fsp3) is 0.812. The maximum atomic E-state index is 4.55. The quantitative estimate of drug-likeness (QED) is 0.897. The van der Waals surface area contributed by atoms with Crippen LogP contribution in [0.5, 0.6) is 0 Å². The molecule has 0 saturated carbocycles. The van der Waals surface area contributed by atoms with Crippen molar-refractivity contribution in [3.63, 3.8) is 0 Å². The van der Waals surface area contributed by atoms with Crippen molar-refractivity contribution in [3.8, 4) is 0 Å². The first-order chi connectivity index (χ1) is 9.49. The Balaban J connectivity index is 2.05. The Morgan fingerprint density at radius 3 is 2.65 bits per heavy atom. The molecule has 1 saturated heterocycles. The molecule has 1 unspecified atom stereocenters. The van der Waals surface area contributed by atoms with Gasteiger partial charge >= 0.3 is 0 Å². The van der Waals surface area contributed by atoms with Crippen molar-refractivity contribution in [3.05, 3.63) is 17.0 Å². The Labute approximate surface area is 123 Å². The number of nitrogens with one attached hydrogen (secondary N) is 1. The van der Waals surface area contributed by atoms with Crippen LogP contribution in [0.15, 0.2) is 0 Å². The summed E-state index contributed by atoms with van der Waals surface area (Å²) >= 11 is 0. The van der Waals surface area contributed by atoms with E-state index in [1.54, 1.807) is 0 Å². The molecule has 1 aromatic heterocycles. The number of nitrogens with zero attached hydrogens (tertiary/aromatic N) is 3. The Hall–Kier alpha value is -0.870. The van der Waals surface area contributed by atoms with Gasteiger partial charge in [0, 0.05) is 37.4 Å². The largest absolute Gasteiger partial charge is 0.316 e. The van der Waals surface area contributed by atoms with Gasteiger partial charge in [-0.3, -0.25) is 9.58 Å². The van der Waals surface area contributed by atoms with E-state index in [9.17, 15) is 0 Å². The van der Waals surface area contributed by atoms with Crippen LogP contribution in [-0.4, -0.2) is 40.4 Å². The first kappa shape index (κ1) is 15.5. The molecule has 2 rings (SSSR count). The van der Waals surface area contributed by atoms with E-state index >= 15 is 0 Å². The van der Waals surface area contributed by atoms with Gasteiger partial charge in [0.25, 0.3) is 0 Å². The SMILES string of the molecule is Cc1nn(C)c(C)c1CN(CC1CCCNC1)C(C)C. The highest BCUT2D eigenvalue weighted by Crippen LogP contribution is 2.19. The third-order valence-corrected chi connectivity index (χ3v) is 4.64. The van der Waals surface area contributed by atoms with E-state index in [1.165, 1.54) is 49.4 Å². The number of aryl methyl sites for hydroxylation is 2. The summed E-state index contributed by atoms with van der Waals surface area (Å²) in [6.45, 7) is 13.5. The first-order valence-electron chi connectivity index (χ1n) is 7.93. The lowest BCUT2D eigenvalue weighted by Crippen LogP contribution is -2.41. The van der Waals surface area contributed by atoms with Crippen molar-refractivity contribution < 1.29 is 0 Å². The van der Waals surface area contributed by atoms with Crippen LogP contribution in [-0.2, 0) is 13.6 Å². The minimum Gasteiger partial charge on any atom is -0.316 e. The van der Waals surface area contributed by atoms with Crippen molar-refractivity contribution in [2.45, 2.75) is 53.1 Å². The maximum Gasteiger partial charge on any atom is 0.0641 e. The van der Waals surface area contributed by atoms with E-state index in [4.69, 9.17) is 0 Å². The van der Waals surface area contributed by atoms with Gasteiger partial charge in [-0.1, -0.05) is 0 Å². The smallest absolute Gasteiger partial charge is 0.0641 e. The molecule has 0 bridgehead atoms. The van der Waals surface area contributed by atoms with Crippen molar-refractivity contribution >= 4 is 0 Å². The molecule has 1 fully saturated rings. The molecular formula is C16H30N4. The number of hydrogen-bond acceptors (Lipinski definition) is 3. The van der Waals surface area contributed by atoms with Gasteiger partial charge in [0.1, 0.15) is 0 Å². The zero-order valence-electron chi connectivity index (χ0n) is 13.7. The molecule has 4 nitrogen and oxygen atoms in total. The van der Waals surface area contributed by atoms with Crippen molar-refractivity contribution in [1.82, 2.24) is 20.0 Å². The van der Waals surface area contributed by atoms with Gasteiger partial charge in [-0.2, -0.15) is 5.10 Å². The van der Waals surface area contributed by atoms with E-state index in [2.05, 4.69) is 43.0 Å². The molecule has 1 N–H and O–H groups in total. The molecule has 0 aliphatic carbocycles. The summed E-state index contributed by atoms with van der Waals surface area (Å²) in [4.78, 5) is 2.61. The highest BCUT2D eigenvalue weighted by atomic mass is 15.3. The van der Waals surface area contributed by atoms with Crippen molar-refractivity contribution in [2.24, 2.45) is 13.0 Å². The lowest BCUT2D eigenvalue weighted by atomic mass is 9.98. The minimum absolute atomic E-state index is 0.580. The van der Waals surface area contributed by atoms with Gasteiger partial charge < -0.3 is 5.32 Å². The molecule has 0 aromatic carbocycles. The Morgan fingerprint density at radius 2 is 2.15 bits per heavy atom. The van der Waals surface area contributed by atoms with Gasteiger partial charge in [0.2, 0.25) is 0 Å².